The maximum absolute atomic E-state index is 12.7. The second-order valence-electron chi connectivity index (χ2n) is 16.8. The van der Waals surface area contributed by atoms with Gasteiger partial charge in [0.25, 0.3) is 0 Å². The van der Waals surface area contributed by atoms with Crippen molar-refractivity contribution in [3.05, 3.63) is 0 Å². The second kappa shape index (κ2) is 45.6. The van der Waals surface area contributed by atoms with Crippen molar-refractivity contribution in [1.29, 1.82) is 0 Å². The standard InChI is InChI=1S/C46H89N5O8.Gd/c1-3-5-7-9-11-13-15-17-19-21-23-25-27-29-31-47-42(52)37-50(40-45(56)57)35-33-49(39-44(54)55)34-36-51(41-46(58)59)38-43(53)48-32-30-28-26-24-22-20-18-16-14-12-10-8-6-4-2;/h3-41H2,1-2H3,(H,47,52)(H,48,53)(H,54,55)(H,56,57)(H,58,59);. The monoisotopic (exact) mass is 998 g/mol. The van der Waals surface area contributed by atoms with Crippen molar-refractivity contribution >= 4 is 29.7 Å². The average Bonchev–Trinajstić information content (AvgIpc) is 3.18. The third kappa shape index (κ3) is 44.6. The van der Waals surface area contributed by atoms with E-state index in [9.17, 15) is 39.3 Å². The van der Waals surface area contributed by atoms with Crippen LogP contribution in [0, 0.1) is 39.9 Å². The van der Waals surface area contributed by atoms with E-state index in [2.05, 4.69) is 24.5 Å². The summed E-state index contributed by atoms with van der Waals surface area (Å²) < 4.78 is 0. The minimum absolute atomic E-state index is 0. The number of unbranched alkanes of at least 4 members (excludes halogenated alkanes) is 26. The Hall–Kier alpha value is -1.45. The Balaban J connectivity index is 0. The summed E-state index contributed by atoms with van der Waals surface area (Å²) in [7, 11) is 0. The van der Waals surface area contributed by atoms with Crippen molar-refractivity contribution < 1.29 is 79.2 Å². The van der Waals surface area contributed by atoms with Crippen LogP contribution >= 0.6 is 0 Å². The van der Waals surface area contributed by atoms with Crippen LogP contribution in [0.15, 0.2) is 0 Å². The Bertz CT molecular complexity index is 984. The molecule has 0 fully saturated rings. The minimum atomic E-state index is -1.10. The van der Waals surface area contributed by atoms with Crippen LogP contribution < -0.4 is 10.6 Å². The van der Waals surface area contributed by atoms with Gasteiger partial charge in [0.15, 0.2) is 0 Å². The van der Waals surface area contributed by atoms with E-state index < -0.39 is 17.9 Å². The Kier molecular flexibility index (Phi) is 46.1. The number of nitrogens with one attached hydrogen (secondary N) is 2. The predicted molar refractivity (Wildman–Crippen MR) is 239 cm³/mol. The number of hydrogen-bond acceptors (Lipinski definition) is 8. The number of carboxylic acids is 3. The molecule has 0 spiro atoms. The van der Waals surface area contributed by atoms with Crippen molar-refractivity contribution in [3.63, 3.8) is 0 Å². The van der Waals surface area contributed by atoms with Gasteiger partial charge in [-0.1, -0.05) is 181 Å². The second-order valence-corrected chi connectivity index (χ2v) is 16.8. The molecule has 354 valence electrons. The van der Waals surface area contributed by atoms with E-state index in [0.717, 1.165) is 38.5 Å². The van der Waals surface area contributed by atoms with E-state index in [1.807, 2.05) is 0 Å². The third-order valence-electron chi connectivity index (χ3n) is 11.0. The molecular formula is C46H89GdN5O8. The fourth-order valence-corrected chi connectivity index (χ4v) is 7.45. The molecule has 0 aromatic rings. The minimum Gasteiger partial charge on any atom is -0.480 e. The first-order chi connectivity index (χ1) is 28.6. The zero-order valence-electron chi connectivity index (χ0n) is 38.2. The summed E-state index contributed by atoms with van der Waals surface area (Å²) >= 11 is 0. The smallest absolute Gasteiger partial charge is 0.317 e. The molecule has 0 saturated carbocycles. The van der Waals surface area contributed by atoms with Crippen molar-refractivity contribution in [2.75, 3.05) is 72.0 Å². The molecule has 0 bridgehead atoms. The SMILES string of the molecule is CCCCCCCCCCCCCCCCNC(=O)CN(CCN(CCN(CC(=O)O)CC(=O)NCCCCCCCCCCCCCCCC)CC(=O)O)CC(=O)O.[Gd]. The van der Waals surface area contributed by atoms with Gasteiger partial charge in [0.1, 0.15) is 0 Å². The number of nitrogens with zero attached hydrogens (tertiary/aromatic N) is 3. The van der Waals surface area contributed by atoms with Crippen molar-refractivity contribution in [2.45, 2.75) is 194 Å². The summed E-state index contributed by atoms with van der Waals surface area (Å²) in [5, 5.41) is 34.3. The van der Waals surface area contributed by atoms with Crippen molar-refractivity contribution in [3.8, 4) is 0 Å². The normalized spacial score (nSPS) is 11.3. The van der Waals surface area contributed by atoms with Crippen LogP contribution in [0.5, 0.6) is 0 Å². The molecule has 0 atom stereocenters. The summed E-state index contributed by atoms with van der Waals surface area (Å²) in [5.74, 6) is -3.84. The van der Waals surface area contributed by atoms with Crippen LogP contribution in [0.2, 0.25) is 0 Å². The summed E-state index contributed by atoms with van der Waals surface area (Å²) in [6.45, 7) is 4.74. The van der Waals surface area contributed by atoms with Crippen LogP contribution in [0.4, 0.5) is 0 Å². The Morgan fingerprint density at radius 3 is 0.800 bits per heavy atom. The number of amides is 2. The Morgan fingerprint density at radius 2 is 0.550 bits per heavy atom. The molecule has 0 radical (unpaired) electrons. The number of rotatable bonds is 46. The molecule has 5 N–H and O–H groups in total. The van der Waals surface area contributed by atoms with Gasteiger partial charge in [0, 0.05) is 79.2 Å². The molecule has 60 heavy (non-hydrogen) atoms. The van der Waals surface area contributed by atoms with Crippen molar-refractivity contribution in [1.82, 2.24) is 25.3 Å². The van der Waals surface area contributed by atoms with Crippen LogP contribution in [0.3, 0.4) is 0 Å². The molecule has 0 unspecified atom stereocenters. The number of aliphatic carboxylic acids is 3. The fraction of sp³-hybridized carbons (Fsp3) is 0.891. The van der Waals surface area contributed by atoms with Gasteiger partial charge in [-0.05, 0) is 12.8 Å². The quantitative estimate of drug-likeness (QED) is 0.0370. The number of carboxylic acid groups (broad SMARTS) is 3. The first-order valence-corrected chi connectivity index (χ1v) is 23.9. The summed E-state index contributed by atoms with van der Waals surface area (Å²) in [6.07, 6.45) is 35.0. The molecule has 0 rings (SSSR count). The maximum Gasteiger partial charge on any atom is 0.317 e. The summed E-state index contributed by atoms with van der Waals surface area (Å²) in [5.41, 5.74) is 0. The van der Waals surface area contributed by atoms with Gasteiger partial charge in [-0.3, -0.25) is 38.7 Å². The molecule has 0 aliphatic heterocycles. The molecule has 13 nitrogen and oxygen atoms in total. The van der Waals surface area contributed by atoms with Gasteiger partial charge in [-0.25, -0.2) is 0 Å². The topological polar surface area (TPSA) is 180 Å². The molecule has 0 aliphatic rings. The Labute approximate surface area is 397 Å². The Morgan fingerprint density at radius 1 is 0.333 bits per heavy atom. The van der Waals surface area contributed by atoms with Gasteiger partial charge in [0.2, 0.25) is 11.8 Å². The largest absolute Gasteiger partial charge is 0.480 e. The zero-order valence-corrected chi connectivity index (χ0v) is 40.4. The van der Waals surface area contributed by atoms with Crippen LogP contribution in [0.1, 0.15) is 194 Å². The van der Waals surface area contributed by atoms with Gasteiger partial charge in [-0.15, -0.1) is 0 Å². The maximum atomic E-state index is 12.7. The first-order valence-electron chi connectivity index (χ1n) is 23.9. The molecule has 14 heteroatoms. The molecule has 0 aliphatic carbocycles. The van der Waals surface area contributed by atoms with Crippen molar-refractivity contribution in [2.24, 2.45) is 0 Å². The van der Waals surface area contributed by atoms with Crippen LogP contribution in [0.25, 0.3) is 0 Å². The van der Waals surface area contributed by atoms with Gasteiger partial charge >= 0.3 is 17.9 Å². The third-order valence-corrected chi connectivity index (χ3v) is 11.0. The average molecular weight is 997 g/mol. The van der Waals surface area contributed by atoms with E-state index in [1.54, 1.807) is 4.90 Å². The van der Waals surface area contributed by atoms with E-state index >= 15 is 0 Å². The molecular weight excluding hydrogens is 908 g/mol. The van der Waals surface area contributed by atoms with E-state index in [0.29, 0.717) is 13.1 Å². The van der Waals surface area contributed by atoms with Gasteiger partial charge < -0.3 is 26.0 Å². The predicted octanol–water partition coefficient (Wildman–Crippen LogP) is 8.34. The van der Waals surface area contributed by atoms with Gasteiger partial charge in [-0.2, -0.15) is 0 Å². The molecule has 0 aromatic heterocycles. The molecule has 2 amide bonds. The van der Waals surface area contributed by atoms with Gasteiger partial charge in [0.05, 0.1) is 32.7 Å². The fourth-order valence-electron chi connectivity index (χ4n) is 7.45. The molecule has 0 aromatic carbocycles. The zero-order chi connectivity index (χ0) is 43.6. The van der Waals surface area contributed by atoms with Crippen LogP contribution in [-0.2, 0) is 24.0 Å². The number of carbonyl (C=O) groups excluding carboxylic acids is 2. The van der Waals surface area contributed by atoms with E-state index in [1.165, 1.54) is 151 Å². The summed E-state index contributed by atoms with van der Waals surface area (Å²) in [4.78, 5) is 64.7. The first kappa shape index (κ1) is 60.6. The molecule has 0 saturated heterocycles. The van der Waals surface area contributed by atoms with E-state index in [-0.39, 0.29) is 111 Å². The molecule has 0 heterocycles. The number of carbonyl (C=O) groups is 5. The van der Waals surface area contributed by atoms with E-state index in [4.69, 9.17) is 0 Å². The van der Waals surface area contributed by atoms with Crippen LogP contribution in [-0.4, -0.2) is 132 Å². The number of hydrogen-bond donors (Lipinski definition) is 5. The summed E-state index contributed by atoms with van der Waals surface area (Å²) in [6, 6.07) is 0.